The number of halogens is 1. The third kappa shape index (κ3) is 4.35. The van der Waals surface area contributed by atoms with Gasteiger partial charge in [0, 0.05) is 41.1 Å². The highest BCUT2D eigenvalue weighted by atomic mass is 79.9. The average molecular weight is 486 g/mol. The van der Waals surface area contributed by atoms with Crippen LogP contribution < -0.4 is 10.6 Å². The topological polar surface area (TPSA) is 53.6 Å². The van der Waals surface area contributed by atoms with Crippen molar-refractivity contribution < 1.29 is 9.53 Å². The van der Waals surface area contributed by atoms with Crippen molar-refractivity contribution in [1.29, 1.82) is 0 Å². The molecule has 1 aromatic rings. The monoisotopic (exact) mass is 485 g/mol. The number of nitrogens with one attached hydrogen (secondary N) is 2. The number of carbonyl (C=O) groups is 1. The molecule has 1 aromatic carbocycles. The zero-order valence-electron chi connectivity index (χ0n) is 18.1. The van der Waals surface area contributed by atoms with E-state index in [0.717, 1.165) is 10.0 Å². The highest BCUT2D eigenvalue weighted by Gasteiger charge is 2.54. The number of likely N-dealkylation sites (tertiary alicyclic amines) is 1. The molecule has 6 heteroatoms. The Labute approximate surface area is 193 Å². The van der Waals surface area contributed by atoms with E-state index in [9.17, 15) is 4.79 Å². The van der Waals surface area contributed by atoms with E-state index in [1.807, 2.05) is 36.4 Å². The summed E-state index contributed by atoms with van der Waals surface area (Å²) in [7, 11) is 2.26. The second kappa shape index (κ2) is 9.08. The number of amides is 1. The SMILES string of the molecule is CN1C2C(Br)=CC(OC(=O)NCc3ccccc3)=CC2C2CCC(NC3CCCC3)C21. The number of likely N-dealkylation sites (N-methyl/N-ethyl adjacent to an activating group) is 1. The van der Waals surface area contributed by atoms with E-state index >= 15 is 0 Å². The molecule has 3 aliphatic carbocycles. The van der Waals surface area contributed by atoms with E-state index in [0.29, 0.717) is 48.3 Å². The van der Waals surface area contributed by atoms with Crippen molar-refractivity contribution >= 4 is 22.0 Å². The lowest BCUT2D eigenvalue weighted by atomic mass is 9.85. The molecule has 31 heavy (non-hydrogen) atoms. The van der Waals surface area contributed by atoms with Crippen molar-refractivity contribution in [2.24, 2.45) is 11.8 Å². The van der Waals surface area contributed by atoms with Crippen molar-refractivity contribution in [1.82, 2.24) is 15.5 Å². The van der Waals surface area contributed by atoms with E-state index in [1.165, 1.54) is 38.5 Å². The molecule has 5 rings (SSSR count). The standard InChI is InChI=1S/C25H32BrN3O2/c1-29-23-20(19-11-12-22(24(19)29)28-17-9-5-6-10-17)13-18(14-21(23)26)31-25(30)27-15-16-7-3-2-4-8-16/h2-4,7-8,13-14,17,19-20,22-24,28H,5-6,9-12,15H2,1H3,(H,27,30). The van der Waals surface area contributed by atoms with Crippen LogP contribution in [0.1, 0.15) is 44.1 Å². The van der Waals surface area contributed by atoms with Gasteiger partial charge in [-0.2, -0.15) is 0 Å². The summed E-state index contributed by atoms with van der Waals surface area (Å²) in [5.41, 5.74) is 1.06. The fourth-order valence-electron chi connectivity index (χ4n) is 6.32. The Bertz CT molecular complexity index is 865. The molecule has 0 radical (unpaired) electrons. The molecule has 2 saturated carbocycles. The second-order valence-corrected chi connectivity index (χ2v) is 10.4. The average Bonchev–Trinajstić information content (AvgIpc) is 3.48. The molecule has 5 unspecified atom stereocenters. The van der Waals surface area contributed by atoms with Crippen molar-refractivity contribution in [3.05, 3.63) is 58.3 Å². The van der Waals surface area contributed by atoms with Gasteiger partial charge in [0.2, 0.25) is 0 Å². The van der Waals surface area contributed by atoms with Crippen molar-refractivity contribution in [2.45, 2.75) is 69.2 Å². The third-order valence-electron chi connectivity index (χ3n) is 7.64. The van der Waals surface area contributed by atoms with Gasteiger partial charge in [0.25, 0.3) is 0 Å². The van der Waals surface area contributed by atoms with Gasteiger partial charge < -0.3 is 15.4 Å². The van der Waals surface area contributed by atoms with Crippen LogP contribution in [0.2, 0.25) is 0 Å². The molecule has 5 nitrogen and oxygen atoms in total. The smallest absolute Gasteiger partial charge is 0.411 e. The Morgan fingerprint density at radius 2 is 1.94 bits per heavy atom. The lowest BCUT2D eigenvalue weighted by Crippen LogP contribution is -2.49. The summed E-state index contributed by atoms with van der Waals surface area (Å²) >= 11 is 3.80. The Hall–Kier alpha value is -1.63. The number of alkyl carbamates (subject to hydrolysis) is 1. The summed E-state index contributed by atoms with van der Waals surface area (Å²) in [4.78, 5) is 14.9. The van der Waals surface area contributed by atoms with Gasteiger partial charge in [0.1, 0.15) is 5.76 Å². The highest BCUT2D eigenvalue weighted by Crippen LogP contribution is 2.50. The predicted molar refractivity (Wildman–Crippen MR) is 126 cm³/mol. The van der Waals surface area contributed by atoms with Crippen LogP contribution in [0.4, 0.5) is 4.79 Å². The molecule has 1 amide bonds. The Balaban J connectivity index is 1.24. The van der Waals surface area contributed by atoms with Gasteiger partial charge in [0.15, 0.2) is 0 Å². The Kier molecular flexibility index (Phi) is 6.22. The van der Waals surface area contributed by atoms with Gasteiger partial charge in [-0.05, 0) is 56.4 Å². The van der Waals surface area contributed by atoms with Gasteiger partial charge in [0.05, 0.1) is 0 Å². The number of carbonyl (C=O) groups excluding carboxylic acids is 1. The number of nitrogens with zero attached hydrogens (tertiary/aromatic N) is 1. The van der Waals surface area contributed by atoms with Crippen LogP contribution in [0.5, 0.6) is 0 Å². The zero-order chi connectivity index (χ0) is 21.4. The Morgan fingerprint density at radius 1 is 1.16 bits per heavy atom. The van der Waals surface area contributed by atoms with Crippen LogP contribution >= 0.6 is 15.9 Å². The van der Waals surface area contributed by atoms with Crippen molar-refractivity contribution in [3.63, 3.8) is 0 Å². The van der Waals surface area contributed by atoms with Gasteiger partial charge >= 0.3 is 6.09 Å². The summed E-state index contributed by atoms with van der Waals surface area (Å²) in [5, 5.41) is 6.84. The maximum atomic E-state index is 12.4. The molecule has 166 valence electrons. The molecule has 1 heterocycles. The minimum absolute atomic E-state index is 0.336. The number of hydrogen-bond acceptors (Lipinski definition) is 4. The number of rotatable bonds is 5. The maximum Gasteiger partial charge on any atom is 0.412 e. The minimum Gasteiger partial charge on any atom is -0.411 e. The zero-order valence-corrected chi connectivity index (χ0v) is 19.7. The third-order valence-corrected chi connectivity index (χ3v) is 8.34. The van der Waals surface area contributed by atoms with E-state index in [1.54, 1.807) is 0 Å². The molecule has 3 fully saturated rings. The van der Waals surface area contributed by atoms with Crippen LogP contribution in [0.25, 0.3) is 0 Å². The molecule has 1 saturated heterocycles. The first-order valence-electron chi connectivity index (χ1n) is 11.7. The molecule has 1 aliphatic heterocycles. The summed E-state index contributed by atoms with van der Waals surface area (Å²) < 4.78 is 6.79. The van der Waals surface area contributed by atoms with E-state index in [-0.39, 0.29) is 0 Å². The van der Waals surface area contributed by atoms with Crippen LogP contribution in [0, 0.1) is 11.8 Å². The minimum atomic E-state index is -0.403. The largest absolute Gasteiger partial charge is 0.412 e. The fraction of sp³-hybridized carbons (Fsp3) is 0.560. The Morgan fingerprint density at radius 3 is 2.71 bits per heavy atom. The lowest BCUT2D eigenvalue weighted by Gasteiger charge is -2.33. The summed E-state index contributed by atoms with van der Waals surface area (Å²) in [5.74, 6) is 1.63. The number of benzene rings is 1. The fourth-order valence-corrected chi connectivity index (χ4v) is 7.17. The first-order chi connectivity index (χ1) is 15.1. The van der Waals surface area contributed by atoms with Gasteiger partial charge in [-0.15, -0.1) is 0 Å². The van der Waals surface area contributed by atoms with E-state index < -0.39 is 6.09 Å². The van der Waals surface area contributed by atoms with Crippen molar-refractivity contribution in [3.8, 4) is 0 Å². The summed E-state index contributed by atoms with van der Waals surface area (Å²) in [6, 6.07) is 12.0. The van der Waals surface area contributed by atoms with E-state index in [4.69, 9.17) is 4.74 Å². The molecular formula is C25H32BrN3O2. The van der Waals surface area contributed by atoms with Gasteiger partial charge in [-0.1, -0.05) is 59.1 Å². The molecule has 2 N–H and O–H groups in total. The first-order valence-corrected chi connectivity index (χ1v) is 12.5. The van der Waals surface area contributed by atoms with Gasteiger partial charge in [-0.3, -0.25) is 4.90 Å². The molecule has 5 atom stereocenters. The normalized spacial score (nSPS) is 32.9. The quantitative estimate of drug-likeness (QED) is 0.634. The molecule has 0 bridgehead atoms. The lowest BCUT2D eigenvalue weighted by molar-refractivity contribution is 0.176. The molecular weight excluding hydrogens is 454 g/mol. The number of allylic oxidation sites excluding steroid dienone is 1. The maximum absolute atomic E-state index is 12.4. The molecule has 0 aromatic heterocycles. The highest BCUT2D eigenvalue weighted by molar-refractivity contribution is 9.11. The van der Waals surface area contributed by atoms with Gasteiger partial charge in [-0.25, -0.2) is 4.79 Å². The first kappa shape index (κ1) is 21.2. The molecule has 4 aliphatic rings. The number of hydrogen-bond donors (Lipinski definition) is 2. The van der Waals surface area contributed by atoms with E-state index in [2.05, 4.69) is 44.6 Å². The summed E-state index contributed by atoms with van der Waals surface area (Å²) in [6.45, 7) is 0.464. The summed E-state index contributed by atoms with van der Waals surface area (Å²) in [6.07, 6.45) is 11.6. The van der Waals surface area contributed by atoms with Crippen LogP contribution in [0.15, 0.2) is 52.7 Å². The van der Waals surface area contributed by atoms with Crippen molar-refractivity contribution in [2.75, 3.05) is 7.05 Å². The predicted octanol–water partition coefficient (Wildman–Crippen LogP) is 4.70. The van der Waals surface area contributed by atoms with Crippen LogP contribution in [-0.2, 0) is 11.3 Å². The molecule has 0 spiro atoms. The van der Waals surface area contributed by atoms with Crippen LogP contribution in [-0.4, -0.2) is 42.2 Å². The van der Waals surface area contributed by atoms with Crippen LogP contribution in [0.3, 0.4) is 0 Å². The second-order valence-electron chi connectivity index (χ2n) is 9.50. The number of fused-ring (bicyclic) bond motifs is 3. The number of ether oxygens (including phenoxy) is 1.